The Balaban J connectivity index is 2.60. The van der Waals surface area contributed by atoms with Gasteiger partial charge < -0.3 is 9.67 Å². The number of aliphatic hydroxyl groups excluding tert-OH is 1. The Morgan fingerprint density at radius 1 is 1.24 bits per heavy atom. The first-order valence-electron chi connectivity index (χ1n) is 6.37. The van der Waals surface area contributed by atoms with Gasteiger partial charge in [0.1, 0.15) is 0 Å². The van der Waals surface area contributed by atoms with Gasteiger partial charge in [0, 0.05) is 24.7 Å². The van der Waals surface area contributed by atoms with E-state index in [-0.39, 0.29) is 6.61 Å². The van der Waals surface area contributed by atoms with E-state index in [2.05, 4.69) is 43.7 Å². The van der Waals surface area contributed by atoms with Gasteiger partial charge in [-0.15, -0.1) is 0 Å². The minimum absolute atomic E-state index is 0.267. The molecule has 0 fully saturated rings. The van der Waals surface area contributed by atoms with E-state index in [4.69, 9.17) is 5.11 Å². The minimum Gasteiger partial charge on any atom is -0.396 e. The highest BCUT2D eigenvalue weighted by molar-refractivity contribution is 5.87. The molecular formula is C15H21NO. The van der Waals surface area contributed by atoms with Crippen LogP contribution in [0.5, 0.6) is 0 Å². The minimum atomic E-state index is 0.267. The smallest absolute Gasteiger partial charge is 0.0512 e. The maximum Gasteiger partial charge on any atom is 0.0512 e. The number of aliphatic hydroxyl groups is 1. The van der Waals surface area contributed by atoms with Crippen LogP contribution in [0.15, 0.2) is 18.3 Å². The van der Waals surface area contributed by atoms with Crippen molar-refractivity contribution in [1.29, 1.82) is 0 Å². The molecule has 1 aromatic heterocycles. The summed E-state index contributed by atoms with van der Waals surface area (Å²) >= 11 is 0. The van der Waals surface area contributed by atoms with E-state index < -0.39 is 0 Å². The van der Waals surface area contributed by atoms with Crippen molar-refractivity contribution in [3.8, 4) is 0 Å². The highest BCUT2D eigenvalue weighted by Crippen LogP contribution is 2.27. The van der Waals surface area contributed by atoms with Crippen molar-refractivity contribution in [3.63, 3.8) is 0 Å². The molecule has 0 saturated carbocycles. The monoisotopic (exact) mass is 231 g/mol. The largest absolute Gasteiger partial charge is 0.396 e. The van der Waals surface area contributed by atoms with Crippen molar-refractivity contribution in [2.75, 3.05) is 6.61 Å². The molecule has 0 bridgehead atoms. The third kappa shape index (κ3) is 2.22. The van der Waals surface area contributed by atoms with Gasteiger partial charge in [-0.3, -0.25) is 0 Å². The standard InChI is InChI=1S/C15H21NO/c1-4-16-10-13(6-5-7-17)14-9-11(2)8-12(3)15(14)16/h8-10,17H,4-7H2,1-3H3. The Hall–Kier alpha value is -1.28. The van der Waals surface area contributed by atoms with Gasteiger partial charge in [0.25, 0.3) is 0 Å². The molecule has 0 atom stereocenters. The highest BCUT2D eigenvalue weighted by atomic mass is 16.2. The van der Waals surface area contributed by atoms with Crippen molar-refractivity contribution in [2.45, 2.75) is 40.2 Å². The maximum atomic E-state index is 8.97. The summed E-state index contributed by atoms with van der Waals surface area (Å²) in [6, 6.07) is 4.51. The first-order chi connectivity index (χ1) is 8.17. The molecule has 0 radical (unpaired) electrons. The molecule has 0 spiro atoms. The molecule has 2 aromatic rings. The summed E-state index contributed by atoms with van der Waals surface area (Å²) in [5.74, 6) is 0. The summed E-state index contributed by atoms with van der Waals surface area (Å²) in [5.41, 5.74) is 5.37. The van der Waals surface area contributed by atoms with Crippen molar-refractivity contribution in [1.82, 2.24) is 4.57 Å². The van der Waals surface area contributed by atoms with Gasteiger partial charge in [-0.1, -0.05) is 11.6 Å². The lowest BCUT2D eigenvalue weighted by atomic mass is 10.0. The molecule has 92 valence electrons. The van der Waals surface area contributed by atoms with E-state index >= 15 is 0 Å². The summed E-state index contributed by atoms with van der Waals surface area (Å²) in [6.45, 7) is 7.76. The van der Waals surface area contributed by atoms with Gasteiger partial charge in [0.15, 0.2) is 0 Å². The molecule has 1 N–H and O–H groups in total. The fourth-order valence-electron chi connectivity index (χ4n) is 2.63. The Bertz CT molecular complexity index is 525. The third-order valence-electron chi connectivity index (χ3n) is 3.33. The van der Waals surface area contributed by atoms with Gasteiger partial charge in [0.05, 0.1) is 5.52 Å². The van der Waals surface area contributed by atoms with Crippen molar-refractivity contribution >= 4 is 10.9 Å². The Labute approximate surface area is 103 Å². The molecular weight excluding hydrogens is 210 g/mol. The van der Waals surface area contributed by atoms with Crippen LogP contribution in [0.4, 0.5) is 0 Å². The first-order valence-corrected chi connectivity index (χ1v) is 6.37. The molecule has 0 unspecified atom stereocenters. The van der Waals surface area contributed by atoms with Gasteiger partial charge in [-0.2, -0.15) is 0 Å². The molecule has 17 heavy (non-hydrogen) atoms. The van der Waals surface area contributed by atoms with E-state index in [1.165, 1.54) is 27.6 Å². The van der Waals surface area contributed by atoms with E-state index in [0.717, 1.165) is 19.4 Å². The zero-order chi connectivity index (χ0) is 12.4. The van der Waals surface area contributed by atoms with Crippen LogP contribution in [0.3, 0.4) is 0 Å². The van der Waals surface area contributed by atoms with Crippen LogP contribution in [0.2, 0.25) is 0 Å². The molecule has 0 aliphatic heterocycles. The Morgan fingerprint density at radius 3 is 2.65 bits per heavy atom. The molecule has 1 heterocycles. The van der Waals surface area contributed by atoms with Crippen LogP contribution < -0.4 is 0 Å². The molecule has 2 nitrogen and oxygen atoms in total. The number of nitrogens with zero attached hydrogens (tertiary/aromatic N) is 1. The van der Waals surface area contributed by atoms with Gasteiger partial charge >= 0.3 is 0 Å². The summed E-state index contributed by atoms with van der Waals surface area (Å²) in [6.07, 6.45) is 4.05. The topological polar surface area (TPSA) is 25.2 Å². The fraction of sp³-hybridized carbons (Fsp3) is 0.467. The fourth-order valence-corrected chi connectivity index (χ4v) is 2.63. The zero-order valence-corrected chi connectivity index (χ0v) is 11.0. The molecule has 0 amide bonds. The summed E-state index contributed by atoms with van der Waals surface area (Å²) < 4.78 is 2.32. The predicted octanol–water partition coefficient (Wildman–Crippen LogP) is 3.20. The maximum absolute atomic E-state index is 8.97. The van der Waals surface area contributed by atoms with Gasteiger partial charge in [-0.25, -0.2) is 0 Å². The Morgan fingerprint density at radius 2 is 2.00 bits per heavy atom. The van der Waals surface area contributed by atoms with Gasteiger partial charge in [-0.05, 0) is 50.8 Å². The molecule has 2 rings (SSSR count). The molecule has 2 heteroatoms. The number of rotatable bonds is 4. The second-order valence-corrected chi connectivity index (χ2v) is 4.75. The van der Waals surface area contributed by atoms with Crippen LogP contribution in [0, 0.1) is 13.8 Å². The molecule has 1 aromatic carbocycles. The van der Waals surface area contributed by atoms with Crippen LogP contribution in [0.25, 0.3) is 10.9 Å². The third-order valence-corrected chi connectivity index (χ3v) is 3.33. The first kappa shape index (κ1) is 12.2. The van der Waals surface area contributed by atoms with E-state index in [9.17, 15) is 0 Å². The summed E-state index contributed by atoms with van der Waals surface area (Å²) in [7, 11) is 0. The van der Waals surface area contributed by atoms with Crippen molar-refractivity contribution in [2.24, 2.45) is 0 Å². The average molecular weight is 231 g/mol. The lowest BCUT2D eigenvalue weighted by Crippen LogP contribution is -1.93. The summed E-state index contributed by atoms with van der Waals surface area (Å²) in [4.78, 5) is 0. The second-order valence-electron chi connectivity index (χ2n) is 4.75. The summed E-state index contributed by atoms with van der Waals surface area (Å²) in [5, 5.41) is 10.3. The number of aromatic nitrogens is 1. The van der Waals surface area contributed by atoms with E-state index in [0.29, 0.717) is 0 Å². The Kier molecular flexibility index (Phi) is 3.53. The zero-order valence-electron chi connectivity index (χ0n) is 11.0. The molecule has 0 aliphatic rings. The number of fused-ring (bicyclic) bond motifs is 1. The SMILES string of the molecule is CCn1cc(CCCO)c2cc(C)cc(C)c21. The quantitative estimate of drug-likeness (QED) is 0.859. The normalized spacial score (nSPS) is 11.3. The van der Waals surface area contributed by atoms with Gasteiger partial charge in [0.2, 0.25) is 0 Å². The van der Waals surface area contributed by atoms with Crippen LogP contribution in [-0.2, 0) is 13.0 Å². The average Bonchev–Trinajstić information content (AvgIpc) is 2.64. The van der Waals surface area contributed by atoms with E-state index in [1.807, 2.05) is 0 Å². The number of hydrogen-bond donors (Lipinski definition) is 1. The van der Waals surface area contributed by atoms with Crippen LogP contribution in [-0.4, -0.2) is 16.3 Å². The number of benzene rings is 1. The lowest BCUT2D eigenvalue weighted by molar-refractivity contribution is 0.288. The lowest BCUT2D eigenvalue weighted by Gasteiger charge is -2.05. The van der Waals surface area contributed by atoms with Crippen LogP contribution in [0.1, 0.15) is 30.0 Å². The second kappa shape index (κ2) is 4.92. The number of hydrogen-bond acceptors (Lipinski definition) is 1. The van der Waals surface area contributed by atoms with Crippen molar-refractivity contribution < 1.29 is 5.11 Å². The highest BCUT2D eigenvalue weighted by Gasteiger charge is 2.10. The van der Waals surface area contributed by atoms with Crippen molar-refractivity contribution in [3.05, 3.63) is 35.0 Å². The molecule has 0 saturated heterocycles. The molecule has 0 aliphatic carbocycles. The van der Waals surface area contributed by atoms with E-state index in [1.54, 1.807) is 0 Å². The predicted molar refractivity (Wildman–Crippen MR) is 72.5 cm³/mol. The number of aryl methyl sites for hydroxylation is 4. The van der Waals surface area contributed by atoms with Crippen LogP contribution >= 0.6 is 0 Å².